The van der Waals surface area contributed by atoms with Gasteiger partial charge in [-0.05, 0) is 23.1 Å². The smallest absolute Gasteiger partial charge is 0.0525 e. The summed E-state index contributed by atoms with van der Waals surface area (Å²) < 4.78 is 0. The molecule has 1 unspecified atom stereocenters. The van der Waals surface area contributed by atoms with Crippen LogP contribution in [-0.4, -0.2) is 8.07 Å². The van der Waals surface area contributed by atoms with Crippen LogP contribution in [0, 0.1) is 0 Å². The SMILES string of the molecule is C[Si](C)(C)C1Cc2ccccc21. The summed E-state index contributed by atoms with van der Waals surface area (Å²) in [4.78, 5) is 0. The molecule has 64 valence electrons. The highest BCUT2D eigenvalue weighted by molar-refractivity contribution is 6.77. The van der Waals surface area contributed by atoms with E-state index >= 15 is 0 Å². The molecular weight excluding hydrogens is 160 g/mol. The van der Waals surface area contributed by atoms with Crippen LogP contribution in [0.1, 0.15) is 16.7 Å². The van der Waals surface area contributed by atoms with Crippen LogP contribution in [0.5, 0.6) is 0 Å². The van der Waals surface area contributed by atoms with Gasteiger partial charge in [0.05, 0.1) is 8.07 Å². The topological polar surface area (TPSA) is 0 Å². The van der Waals surface area contributed by atoms with Gasteiger partial charge in [0.15, 0.2) is 0 Å². The van der Waals surface area contributed by atoms with Gasteiger partial charge in [-0.25, -0.2) is 0 Å². The maximum absolute atomic E-state index is 2.47. The van der Waals surface area contributed by atoms with E-state index < -0.39 is 8.07 Å². The standard InChI is InChI=1S/C11H16Si/c1-12(2,3)11-8-9-6-4-5-7-10(9)11/h4-7,11H,8H2,1-3H3. The van der Waals surface area contributed by atoms with Crippen molar-refractivity contribution in [3.05, 3.63) is 35.4 Å². The fraction of sp³-hybridized carbons (Fsp3) is 0.455. The quantitative estimate of drug-likeness (QED) is 0.576. The summed E-state index contributed by atoms with van der Waals surface area (Å²) in [5.41, 5.74) is 4.15. The highest BCUT2D eigenvalue weighted by Gasteiger charge is 2.35. The van der Waals surface area contributed by atoms with Crippen molar-refractivity contribution in [1.29, 1.82) is 0 Å². The Labute approximate surface area is 75.6 Å². The van der Waals surface area contributed by atoms with E-state index in [1.54, 1.807) is 11.1 Å². The maximum Gasteiger partial charge on any atom is 0.0525 e. The zero-order valence-electron chi connectivity index (χ0n) is 8.09. The van der Waals surface area contributed by atoms with Crippen molar-refractivity contribution in [2.24, 2.45) is 0 Å². The Balaban J connectivity index is 2.31. The van der Waals surface area contributed by atoms with Crippen molar-refractivity contribution < 1.29 is 0 Å². The van der Waals surface area contributed by atoms with Crippen LogP contribution in [0.3, 0.4) is 0 Å². The fourth-order valence-electron chi connectivity index (χ4n) is 2.03. The van der Waals surface area contributed by atoms with Gasteiger partial charge in [0, 0.05) is 0 Å². The lowest BCUT2D eigenvalue weighted by molar-refractivity contribution is 0.770. The Morgan fingerprint density at radius 2 is 1.83 bits per heavy atom. The third-order valence-corrected chi connectivity index (χ3v) is 5.51. The lowest BCUT2D eigenvalue weighted by Crippen LogP contribution is -2.38. The molecule has 2 rings (SSSR count). The number of fused-ring (bicyclic) bond motifs is 1. The van der Waals surface area contributed by atoms with Gasteiger partial charge in [-0.15, -0.1) is 0 Å². The Hall–Kier alpha value is -0.563. The molecular formula is C11H16Si. The molecule has 0 saturated carbocycles. The lowest BCUT2D eigenvalue weighted by Gasteiger charge is -2.38. The molecule has 0 aliphatic heterocycles. The molecule has 0 amide bonds. The first-order chi connectivity index (χ1) is 5.59. The molecule has 0 nitrogen and oxygen atoms in total. The molecule has 0 fully saturated rings. The first-order valence-electron chi connectivity index (χ1n) is 4.67. The fourth-order valence-corrected chi connectivity index (χ4v) is 4.08. The third-order valence-electron chi connectivity index (χ3n) is 2.90. The Kier molecular flexibility index (Phi) is 1.65. The molecule has 1 aromatic rings. The van der Waals surface area contributed by atoms with Gasteiger partial charge in [-0.1, -0.05) is 43.9 Å². The second-order valence-corrected chi connectivity index (χ2v) is 10.3. The van der Waals surface area contributed by atoms with Crippen LogP contribution < -0.4 is 0 Å². The van der Waals surface area contributed by atoms with E-state index in [9.17, 15) is 0 Å². The summed E-state index contributed by atoms with van der Waals surface area (Å²) in [5.74, 6) is 0. The average Bonchev–Trinajstić information content (AvgIpc) is 1.88. The van der Waals surface area contributed by atoms with Crippen molar-refractivity contribution in [3.63, 3.8) is 0 Å². The predicted molar refractivity (Wildman–Crippen MR) is 56.2 cm³/mol. The Morgan fingerprint density at radius 1 is 1.17 bits per heavy atom. The first-order valence-corrected chi connectivity index (χ1v) is 8.24. The molecule has 1 atom stereocenters. The molecule has 12 heavy (non-hydrogen) atoms. The molecule has 0 bridgehead atoms. The van der Waals surface area contributed by atoms with Crippen molar-refractivity contribution >= 4 is 8.07 Å². The van der Waals surface area contributed by atoms with Crippen molar-refractivity contribution in [2.75, 3.05) is 0 Å². The van der Waals surface area contributed by atoms with Gasteiger partial charge in [-0.3, -0.25) is 0 Å². The molecule has 1 aliphatic carbocycles. The normalized spacial score (nSPS) is 21.4. The van der Waals surface area contributed by atoms with Gasteiger partial charge < -0.3 is 0 Å². The minimum Gasteiger partial charge on any atom is -0.0691 e. The van der Waals surface area contributed by atoms with Crippen LogP contribution in [0.15, 0.2) is 24.3 Å². The van der Waals surface area contributed by atoms with Gasteiger partial charge in [0.1, 0.15) is 0 Å². The number of benzene rings is 1. The number of rotatable bonds is 1. The van der Waals surface area contributed by atoms with Crippen LogP contribution in [0.4, 0.5) is 0 Å². The van der Waals surface area contributed by atoms with Gasteiger partial charge >= 0.3 is 0 Å². The van der Waals surface area contributed by atoms with E-state index in [0.29, 0.717) is 0 Å². The van der Waals surface area contributed by atoms with E-state index in [1.165, 1.54) is 6.42 Å². The predicted octanol–water partition coefficient (Wildman–Crippen LogP) is 3.20. The third kappa shape index (κ3) is 1.12. The summed E-state index contributed by atoms with van der Waals surface area (Å²) in [6, 6.07) is 8.90. The summed E-state index contributed by atoms with van der Waals surface area (Å²) >= 11 is 0. The minimum absolute atomic E-state index is 0.925. The van der Waals surface area contributed by atoms with Crippen LogP contribution in [-0.2, 0) is 6.42 Å². The first kappa shape index (κ1) is 8.05. The lowest BCUT2D eigenvalue weighted by atomic mass is 9.88. The molecule has 0 aromatic heterocycles. The molecule has 0 radical (unpaired) electrons. The summed E-state index contributed by atoms with van der Waals surface area (Å²) in [6.45, 7) is 7.40. The van der Waals surface area contributed by atoms with E-state index in [4.69, 9.17) is 0 Å². The van der Waals surface area contributed by atoms with E-state index in [-0.39, 0.29) is 0 Å². The highest BCUT2D eigenvalue weighted by atomic mass is 28.3. The number of hydrogen-bond acceptors (Lipinski definition) is 0. The molecule has 1 aliphatic rings. The second-order valence-electron chi connectivity index (χ2n) is 4.82. The summed E-state index contributed by atoms with van der Waals surface area (Å²) in [5, 5.41) is 0. The van der Waals surface area contributed by atoms with Crippen LogP contribution in [0.2, 0.25) is 19.6 Å². The average molecular weight is 176 g/mol. The summed E-state index contributed by atoms with van der Waals surface area (Å²) in [6.07, 6.45) is 1.34. The maximum atomic E-state index is 2.47. The monoisotopic (exact) mass is 176 g/mol. The van der Waals surface area contributed by atoms with Gasteiger partial charge in [-0.2, -0.15) is 0 Å². The van der Waals surface area contributed by atoms with E-state index in [2.05, 4.69) is 43.9 Å². The zero-order chi connectivity index (χ0) is 8.77. The minimum atomic E-state index is -0.925. The number of hydrogen-bond donors (Lipinski definition) is 0. The Morgan fingerprint density at radius 3 is 2.42 bits per heavy atom. The van der Waals surface area contributed by atoms with Crippen LogP contribution in [0.25, 0.3) is 0 Å². The molecule has 0 spiro atoms. The van der Waals surface area contributed by atoms with Crippen molar-refractivity contribution in [1.82, 2.24) is 0 Å². The molecule has 1 aromatic carbocycles. The van der Waals surface area contributed by atoms with E-state index in [0.717, 1.165) is 5.54 Å². The van der Waals surface area contributed by atoms with Crippen molar-refractivity contribution in [3.8, 4) is 0 Å². The van der Waals surface area contributed by atoms with Crippen LogP contribution >= 0.6 is 0 Å². The Bertz CT molecular complexity index is 296. The zero-order valence-corrected chi connectivity index (χ0v) is 9.09. The van der Waals surface area contributed by atoms with Gasteiger partial charge in [0.2, 0.25) is 0 Å². The summed E-state index contributed by atoms with van der Waals surface area (Å²) in [7, 11) is -0.925. The highest BCUT2D eigenvalue weighted by Crippen LogP contribution is 2.40. The van der Waals surface area contributed by atoms with E-state index in [1.807, 2.05) is 0 Å². The second kappa shape index (κ2) is 2.46. The molecule has 1 heteroatoms. The largest absolute Gasteiger partial charge is 0.0691 e. The van der Waals surface area contributed by atoms with Gasteiger partial charge in [0.25, 0.3) is 0 Å². The molecule has 0 saturated heterocycles. The van der Waals surface area contributed by atoms with Crippen molar-refractivity contribution in [2.45, 2.75) is 31.6 Å². The molecule has 0 N–H and O–H groups in total. The molecule has 0 heterocycles.